The van der Waals surface area contributed by atoms with E-state index in [4.69, 9.17) is 5.73 Å². The van der Waals surface area contributed by atoms with Crippen molar-refractivity contribution < 1.29 is 4.79 Å². The van der Waals surface area contributed by atoms with Crippen LogP contribution in [0.15, 0.2) is 36.7 Å². The van der Waals surface area contributed by atoms with Gasteiger partial charge in [-0.1, -0.05) is 23.4 Å². The SMILES string of the molecule is NCCc1ccccc1C(=O)NCCn1ccnn1. The quantitative estimate of drug-likeness (QED) is 0.776. The van der Waals surface area contributed by atoms with Gasteiger partial charge in [0, 0.05) is 18.3 Å². The molecule has 0 saturated heterocycles. The van der Waals surface area contributed by atoms with E-state index in [0.29, 0.717) is 31.6 Å². The van der Waals surface area contributed by atoms with Gasteiger partial charge in [0.1, 0.15) is 0 Å². The minimum atomic E-state index is -0.0795. The second-order valence-electron chi connectivity index (χ2n) is 4.12. The highest BCUT2D eigenvalue weighted by molar-refractivity contribution is 5.95. The van der Waals surface area contributed by atoms with Crippen molar-refractivity contribution >= 4 is 5.91 Å². The van der Waals surface area contributed by atoms with Crippen LogP contribution in [0.25, 0.3) is 0 Å². The van der Waals surface area contributed by atoms with Gasteiger partial charge < -0.3 is 11.1 Å². The van der Waals surface area contributed by atoms with Crippen molar-refractivity contribution in [2.24, 2.45) is 5.73 Å². The number of hydrogen-bond donors (Lipinski definition) is 2. The topological polar surface area (TPSA) is 85.8 Å². The van der Waals surface area contributed by atoms with Gasteiger partial charge >= 0.3 is 0 Å². The molecular weight excluding hydrogens is 242 g/mol. The Morgan fingerprint density at radius 2 is 2.21 bits per heavy atom. The van der Waals surface area contributed by atoms with Gasteiger partial charge in [0.2, 0.25) is 0 Å². The number of nitrogens with one attached hydrogen (secondary N) is 1. The number of rotatable bonds is 6. The summed E-state index contributed by atoms with van der Waals surface area (Å²) >= 11 is 0. The van der Waals surface area contributed by atoms with Gasteiger partial charge in [-0.3, -0.25) is 9.48 Å². The fraction of sp³-hybridized carbons (Fsp3) is 0.308. The Kier molecular flexibility index (Phi) is 4.63. The van der Waals surface area contributed by atoms with Crippen LogP contribution in [0, 0.1) is 0 Å². The lowest BCUT2D eigenvalue weighted by molar-refractivity contribution is 0.0951. The van der Waals surface area contributed by atoms with E-state index >= 15 is 0 Å². The van der Waals surface area contributed by atoms with Crippen LogP contribution in [0.1, 0.15) is 15.9 Å². The van der Waals surface area contributed by atoms with Crippen molar-refractivity contribution in [1.29, 1.82) is 0 Å². The van der Waals surface area contributed by atoms with E-state index in [1.807, 2.05) is 24.3 Å². The van der Waals surface area contributed by atoms with Gasteiger partial charge in [-0.2, -0.15) is 0 Å². The molecule has 0 radical (unpaired) electrons. The Hall–Kier alpha value is -2.21. The van der Waals surface area contributed by atoms with E-state index in [0.717, 1.165) is 5.56 Å². The predicted molar refractivity (Wildman–Crippen MR) is 71.6 cm³/mol. The first-order chi connectivity index (χ1) is 9.31. The van der Waals surface area contributed by atoms with Crippen molar-refractivity contribution in [2.75, 3.05) is 13.1 Å². The molecule has 0 atom stereocenters. The standard InChI is InChI=1S/C13H17N5O/c14-6-5-11-3-1-2-4-12(11)13(19)15-7-9-18-10-8-16-17-18/h1-4,8,10H,5-7,9,14H2,(H,15,19). The van der Waals surface area contributed by atoms with Gasteiger partial charge in [-0.15, -0.1) is 5.10 Å². The monoisotopic (exact) mass is 259 g/mol. The van der Waals surface area contributed by atoms with Gasteiger partial charge in [-0.05, 0) is 24.6 Å². The maximum absolute atomic E-state index is 12.1. The van der Waals surface area contributed by atoms with Crippen LogP contribution in [0.4, 0.5) is 0 Å². The number of aromatic nitrogens is 3. The Balaban J connectivity index is 1.92. The molecule has 1 amide bonds. The lowest BCUT2D eigenvalue weighted by Gasteiger charge is -2.09. The normalized spacial score (nSPS) is 10.4. The lowest BCUT2D eigenvalue weighted by atomic mass is 10.0. The molecule has 1 aromatic carbocycles. The first-order valence-electron chi connectivity index (χ1n) is 6.21. The van der Waals surface area contributed by atoms with Crippen LogP contribution in [0.2, 0.25) is 0 Å². The molecule has 0 bridgehead atoms. The molecule has 2 aromatic rings. The zero-order chi connectivity index (χ0) is 13.5. The van der Waals surface area contributed by atoms with Gasteiger partial charge in [-0.25, -0.2) is 0 Å². The molecule has 0 spiro atoms. The largest absolute Gasteiger partial charge is 0.350 e. The van der Waals surface area contributed by atoms with E-state index < -0.39 is 0 Å². The summed E-state index contributed by atoms with van der Waals surface area (Å²) in [7, 11) is 0. The van der Waals surface area contributed by atoms with Crippen molar-refractivity contribution in [3.05, 3.63) is 47.8 Å². The third-order valence-corrected chi connectivity index (χ3v) is 2.77. The maximum atomic E-state index is 12.1. The van der Waals surface area contributed by atoms with Crippen molar-refractivity contribution in [3.63, 3.8) is 0 Å². The Bertz CT molecular complexity index is 524. The molecule has 0 fully saturated rings. The molecule has 0 aliphatic heterocycles. The fourth-order valence-electron chi connectivity index (χ4n) is 1.85. The molecule has 6 heteroatoms. The third-order valence-electron chi connectivity index (χ3n) is 2.77. The summed E-state index contributed by atoms with van der Waals surface area (Å²) in [5, 5.41) is 10.4. The number of carbonyl (C=O) groups is 1. The van der Waals surface area contributed by atoms with Gasteiger partial charge in [0.05, 0.1) is 12.7 Å². The summed E-state index contributed by atoms with van der Waals surface area (Å²) in [5.41, 5.74) is 7.21. The summed E-state index contributed by atoms with van der Waals surface area (Å²) in [4.78, 5) is 12.1. The summed E-state index contributed by atoms with van der Waals surface area (Å²) in [6.07, 6.45) is 4.07. The second-order valence-corrected chi connectivity index (χ2v) is 4.12. The van der Waals surface area contributed by atoms with Crippen LogP contribution in [0.5, 0.6) is 0 Å². The van der Waals surface area contributed by atoms with Crippen molar-refractivity contribution in [2.45, 2.75) is 13.0 Å². The number of carbonyl (C=O) groups excluding carboxylic acids is 1. The highest BCUT2D eigenvalue weighted by Crippen LogP contribution is 2.08. The molecule has 0 unspecified atom stereocenters. The van der Waals surface area contributed by atoms with E-state index in [-0.39, 0.29) is 5.91 Å². The zero-order valence-corrected chi connectivity index (χ0v) is 10.6. The summed E-state index contributed by atoms with van der Waals surface area (Å²) < 4.78 is 1.67. The molecule has 0 aliphatic rings. The first kappa shape index (κ1) is 13.2. The zero-order valence-electron chi connectivity index (χ0n) is 10.6. The Labute approximate surface area is 111 Å². The van der Waals surface area contributed by atoms with E-state index in [1.54, 1.807) is 17.1 Å². The van der Waals surface area contributed by atoms with E-state index in [2.05, 4.69) is 15.6 Å². The van der Waals surface area contributed by atoms with Crippen molar-refractivity contribution in [3.8, 4) is 0 Å². The molecular formula is C13H17N5O. The Morgan fingerprint density at radius 1 is 1.37 bits per heavy atom. The minimum Gasteiger partial charge on any atom is -0.350 e. The molecule has 1 heterocycles. The van der Waals surface area contributed by atoms with Crippen LogP contribution < -0.4 is 11.1 Å². The average molecular weight is 259 g/mol. The molecule has 0 saturated carbocycles. The lowest BCUT2D eigenvalue weighted by Crippen LogP contribution is -2.28. The van der Waals surface area contributed by atoms with Crippen molar-refractivity contribution in [1.82, 2.24) is 20.3 Å². The molecule has 0 aliphatic carbocycles. The Morgan fingerprint density at radius 3 is 2.95 bits per heavy atom. The highest BCUT2D eigenvalue weighted by Gasteiger charge is 2.09. The third kappa shape index (κ3) is 3.62. The fourth-order valence-corrected chi connectivity index (χ4v) is 1.85. The molecule has 100 valence electrons. The highest BCUT2D eigenvalue weighted by atomic mass is 16.1. The number of amides is 1. The van der Waals surface area contributed by atoms with Gasteiger partial charge in [0.15, 0.2) is 0 Å². The summed E-state index contributed by atoms with van der Waals surface area (Å²) in [6.45, 7) is 1.65. The molecule has 2 rings (SSSR count). The van der Waals surface area contributed by atoms with Crippen LogP contribution in [0.3, 0.4) is 0 Å². The number of nitrogens with zero attached hydrogens (tertiary/aromatic N) is 3. The molecule has 6 nitrogen and oxygen atoms in total. The molecule has 19 heavy (non-hydrogen) atoms. The van der Waals surface area contributed by atoms with E-state index in [1.165, 1.54) is 0 Å². The van der Waals surface area contributed by atoms with Crippen LogP contribution in [-0.2, 0) is 13.0 Å². The second kappa shape index (κ2) is 6.65. The molecule has 3 N–H and O–H groups in total. The van der Waals surface area contributed by atoms with Crippen LogP contribution >= 0.6 is 0 Å². The van der Waals surface area contributed by atoms with Gasteiger partial charge in [0.25, 0.3) is 5.91 Å². The number of benzene rings is 1. The summed E-state index contributed by atoms with van der Waals surface area (Å²) in [6, 6.07) is 7.51. The first-order valence-corrected chi connectivity index (χ1v) is 6.21. The molecule has 1 aromatic heterocycles. The number of nitrogens with two attached hydrogens (primary N) is 1. The smallest absolute Gasteiger partial charge is 0.251 e. The average Bonchev–Trinajstić information content (AvgIpc) is 2.93. The maximum Gasteiger partial charge on any atom is 0.251 e. The van der Waals surface area contributed by atoms with E-state index in [9.17, 15) is 4.79 Å². The predicted octanol–water partition coefficient (Wildman–Crippen LogP) is 0.209. The summed E-state index contributed by atoms with van der Waals surface area (Å²) in [5.74, 6) is -0.0795. The van der Waals surface area contributed by atoms with Crippen LogP contribution in [-0.4, -0.2) is 34.0 Å². The number of hydrogen-bond acceptors (Lipinski definition) is 4. The minimum absolute atomic E-state index is 0.0795.